The number of anilines is 1. The van der Waals surface area contributed by atoms with Crippen LogP contribution in [0.5, 0.6) is 0 Å². The minimum Gasteiger partial charge on any atom is -0.512 e. The van der Waals surface area contributed by atoms with E-state index in [1.54, 1.807) is 10.7 Å². The molecule has 0 aliphatic heterocycles. The van der Waals surface area contributed by atoms with Gasteiger partial charge in [-0.2, -0.15) is 5.10 Å². The fourth-order valence-electron chi connectivity index (χ4n) is 5.51. The molecule has 1 amide bonds. The molecule has 2 aromatic heterocycles. The number of aryl methyl sites for hydroxylation is 1. The summed E-state index contributed by atoms with van der Waals surface area (Å²) in [6.07, 6.45) is 7.34. The van der Waals surface area contributed by atoms with Crippen molar-refractivity contribution >= 4 is 34.4 Å². The SMILES string of the molecule is C=C(O)C12CCC(CNc3c4ncnc(C(=O)NCc5ccc(F)c(Cl)c5)c4nn3C)(CC1)CC2. The minimum atomic E-state index is -0.507. The molecule has 0 spiro atoms. The van der Waals surface area contributed by atoms with Gasteiger partial charge < -0.3 is 15.7 Å². The second-order valence-electron chi connectivity index (χ2n) is 9.90. The van der Waals surface area contributed by atoms with E-state index in [0.717, 1.165) is 50.9 Å². The average molecular weight is 499 g/mol. The quantitative estimate of drug-likeness (QED) is 0.400. The summed E-state index contributed by atoms with van der Waals surface area (Å²) in [5.74, 6) is 0.166. The summed E-state index contributed by atoms with van der Waals surface area (Å²) in [5.41, 5.74) is 1.90. The summed E-state index contributed by atoms with van der Waals surface area (Å²) in [6.45, 7) is 4.77. The maximum absolute atomic E-state index is 13.4. The average Bonchev–Trinajstić information content (AvgIpc) is 3.19. The number of hydrogen-bond donors (Lipinski definition) is 3. The molecule has 0 radical (unpaired) electrons. The molecule has 3 saturated carbocycles. The number of allylic oxidation sites excluding steroid dienone is 1. The standard InChI is InChI=1S/C25H28ClFN6O2/c1-15(34)25-8-5-24(6-9-25,7-10-25)13-29-22-20-19(32-33(22)2)21(31-14-30-20)23(35)28-12-16-3-4-18(27)17(26)11-16/h3-4,11,14,29,34H,1,5-10,12-13H2,2H3,(H,28,35). The van der Waals surface area contributed by atoms with Crippen molar-refractivity contribution in [2.24, 2.45) is 17.9 Å². The second-order valence-corrected chi connectivity index (χ2v) is 10.3. The number of benzene rings is 1. The Labute approximate surface area is 207 Å². The molecule has 6 rings (SSSR count). The third-order valence-corrected chi connectivity index (χ3v) is 8.21. The molecule has 3 aromatic rings. The molecule has 184 valence electrons. The van der Waals surface area contributed by atoms with Crippen LogP contribution in [0.2, 0.25) is 5.02 Å². The number of halogens is 2. The third-order valence-electron chi connectivity index (χ3n) is 7.92. The normalized spacial score (nSPS) is 23.4. The first-order valence-corrected chi connectivity index (χ1v) is 12.1. The van der Waals surface area contributed by atoms with Gasteiger partial charge in [0.1, 0.15) is 23.2 Å². The van der Waals surface area contributed by atoms with Crippen LogP contribution in [-0.4, -0.2) is 37.3 Å². The zero-order valence-electron chi connectivity index (χ0n) is 19.6. The molecule has 3 aliphatic carbocycles. The van der Waals surface area contributed by atoms with Crippen molar-refractivity contribution in [2.75, 3.05) is 11.9 Å². The fourth-order valence-corrected chi connectivity index (χ4v) is 5.72. The topological polar surface area (TPSA) is 105 Å². The molecule has 2 bridgehead atoms. The molecule has 0 atom stereocenters. The Hall–Kier alpha value is -3.20. The van der Waals surface area contributed by atoms with E-state index >= 15 is 0 Å². The van der Waals surface area contributed by atoms with Crippen molar-refractivity contribution in [1.29, 1.82) is 0 Å². The van der Waals surface area contributed by atoms with Crippen LogP contribution < -0.4 is 10.6 Å². The maximum atomic E-state index is 13.4. The molecule has 2 heterocycles. The maximum Gasteiger partial charge on any atom is 0.272 e. The van der Waals surface area contributed by atoms with Gasteiger partial charge in [-0.25, -0.2) is 14.4 Å². The first-order chi connectivity index (χ1) is 16.7. The van der Waals surface area contributed by atoms with E-state index in [1.807, 2.05) is 7.05 Å². The Bertz CT molecular complexity index is 1300. The predicted molar refractivity (Wildman–Crippen MR) is 132 cm³/mol. The predicted octanol–water partition coefficient (Wildman–Crippen LogP) is 4.91. The lowest BCUT2D eigenvalue weighted by Gasteiger charge is -2.53. The van der Waals surface area contributed by atoms with Crippen LogP contribution in [0.1, 0.15) is 54.6 Å². The molecule has 0 saturated heterocycles. The number of hydrogen-bond acceptors (Lipinski definition) is 6. The highest BCUT2D eigenvalue weighted by Gasteiger charge is 2.50. The molecule has 10 heteroatoms. The van der Waals surface area contributed by atoms with Crippen LogP contribution >= 0.6 is 11.6 Å². The molecule has 3 aliphatic rings. The van der Waals surface area contributed by atoms with E-state index in [0.29, 0.717) is 22.4 Å². The van der Waals surface area contributed by atoms with E-state index in [4.69, 9.17) is 11.6 Å². The van der Waals surface area contributed by atoms with Gasteiger partial charge in [0.05, 0.1) is 10.8 Å². The number of nitrogens with zero attached hydrogens (tertiary/aromatic N) is 4. The first kappa shape index (κ1) is 23.5. The van der Waals surface area contributed by atoms with E-state index < -0.39 is 11.7 Å². The Balaban J connectivity index is 1.31. The highest BCUT2D eigenvalue weighted by molar-refractivity contribution is 6.30. The number of fused-ring (bicyclic) bond motifs is 4. The number of nitrogens with one attached hydrogen (secondary N) is 2. The number of carbonyl (C=O) groups is 1. The van der Waals surface area contributed by atoms with E-state index in [1.165, 1.54) is 18.5 Å². The number of aromatic nitrogens is 4. The van der Waals surface area contributed by atoms with Crippen LogP contribution in [-0.2, 0) is 13.6 Å². The van der Waals surface area contributed by atoms with Gasteiger partial charge in [-0.3, -0.25) is 9.48 Å². The highest BCUT2D eigenvalue weighted by atomic mass is 35.5. The summed E-state index contributed by atoms with van der Waals surface area (Å²) in [4.78, 5) is 21.5. The Morgan fingerprint density at radius 1 is 1.20 bits per heavy atom. The Morgan fingerprint density at radius 2 is 1.91 bits per heavy atom. The first-order valence-electron chi connectivity index (χ1n) is 11.7. The van der Waals surface area contributed by atoms with Crippen molar-refractivity contribution in [3.05, 3.63) is 59.0 Å². The highest BCUT2D eigenvalue weighted by Crippen LogP contribution is 2.59. The lowest BCUT2D eigenvalue weighted by Crippen LogP contribution is -2.45. The van der Waals surface area contributed by atoms with Crippen molar-refractivity contribution < 1.29 is 14.3 Å². The van der Waals surface area contributed by atoms with E-state index in [-0.39, 0.29) is 28.1 Å². The third kappa shape index (κ3) is 4.22. The van der Waals surface area contributed by atoms with Gasteiger partial charge in [0.25, 0.3) is 5.91 Å². The van der Waals surface area contributed by atoms with Crippen LogP contribution in [0.3, 0.4) is 0 Å². The monoisotopic (exact) mass is 498 g/mol. The number of amides is 1. The van der Waals surface area contributed by atoms with Crippen LogP contribution in [0, 0.1) is 16.6 Å². The Kier molecular flexibility index (Phi) is 5.91. The number of aliphatic hydroxyl groups excluding tert-OH is 1. The van der Waals surface area contributed by atoms with Crippen molar-refractivity contribution in [1.82, 2.24) is 25.1 Å². The summed E-state index contributed by atoms with van der Waals surface area (Å²) in [7, 11) is 1.81. The largest absolute Gasteiger partial charge is 0.512 e. The molecule has 1 aromatic carbocycles. The van der Waals surface area contributed by atoms with Gasteiger partial charge in [-0.05, 0) is 61.6 Å². The lowest BCUT2D eigenvalue weighted by atomic mass is 9.53. The van der Waals surface area contributed by atoms with Gasteiger partial charge in [0.2, 0.25) is 0 Å². The van der Waals surface area contributed by atoms with Crippen molar-refractivity contribution in [2.45, 2.75) is 45.1 Å². The molecule has 3 fully saturated rings. The number of rotatable bonds is 7. The second kappa shape index (κ2) is 8.78. The van der Waals surface area contributed by atoms with Gasteiger partial charge in [0.15, 0.2) is 11.5 Å². The number of aliphatic hydroxyl groups is 1. The molecule has 8 nitrogen and oxygen atoms in total. The van der Waals surface area contributed by atoms with Gasteiger partial charge >= 0.3 is 0 Å². The molecule has 35 heavy (non-hydrogen) atoms. The van der Waals surface area contributed by atoms with E-state index in [2.05, 4.69) is 32.3 Å². The zero-order chi connectivity index (χ0) is 24.8. The molecule has 0 unspecified atom stereocenters. The smallest absolute Gasteiger partial charge is 0.272 e. The van der Waals surface area contributed by atoms with Crippen LogP contribution in [0.15, 0.2) is 36.9 Å². The molecular formula is C25H28ClFN6O2. The summed E-state index contributed by atoms with van der Waals surface area (Å²) >= 11 is 5.83. The lowest BCUT2D eigenvalue weighted by molar-refractivity contribution is -0.000366. The zero-order valence-corrected chi connectivity index (χ0v) is 20.3. The van der Waals surface area contributed by atoms with Crippen molar-refractivity contribution in [3.8, 4) is 0 Å². The van der Waals surface area contributed by atoms with Crippen molar-refractivity contribution in [3.63, 3.8) is 0 Å². The van der Waals surface area contributed by atoms with E-state index in [9.17, 15) is 14.3 Å². The molecule has 3 N–H and O–H groups in total. The summed E-state index contributed by atoms with van der Waals surface area (Å²) in [5, 5.41) is 20.9. The van der Waals surface area contributed by atoms with Gasteiger partial charge in [-0.1, -0.05) is 24.2 Å². The van der Waals surface area contributed by atoms with Crippen LogP contribution in [0.25, 0.3) is 11.0 Å². The minimum absolute atomic E-state index is 0.00370. The summed E-state index contributed by atoms with van der Waals surface area (Å²) in [6, 6.07) is 4.31. The van der Waals surface area contributed by atoms with Gasteiger partial charge in [0, 0.05) is 25.6 Å². The number of carbonyl (C=O) groups excluding carboxylic acids is 1. The Morgan fingerprint density at radius 3 is 2.57 bits per heavy atom. The van der Waals surface area contributed by atoms with Gasteiger partial charge in [-0.15, -0.1) is 0 Å². The summed E-state index contributed by atoms with van der Waals surface area (Å²) < 4.78 is 15.1. The van der Waals surface area contributed by atoms with Crippen LogP contribution in [0.4, 0.5) is 10.2 Å². The fraction of sp³-hybridized carbons (Fsp3) is 0.440. The molecular weight excluding hydrogens is 471 g/mol.